The van der Waals surface area contributed by atoms with Gasteiger partial charge in [-0.3, -0.25) is 4.31 Å². The SMILES string of the molecule is CCN(c1ccccc1)S(=O)(=O)c1cnc(Cl)s1. The Kier molecular flexibility index (Phi) is 3.89. The Morgan fingerprint density at radius 1 is 1.33 bits per heavy atom. The molecule has 0 unspecified atom stereocenters. The van der Waals surface area contributed by atoms with Crippen molar-refractivity contribution in [3.8, 4) is 0 Å². The molecule has 0 saturated carbocycles. The smallest absolute Gasteiger partial charge is 0.266 e. The molecule has 96 valence electrons. The maximum Gasteiger partial charge on any atom is 0.275 e. The first-order valence-corrected chi connectivity index (χ1v) is 7.88. The van der Waals surface area contributed by atoms with Crippen LogP contribution in [-0.2, 0) is 10.0 Å². The highest BCUT2D eigenvalue weighted by Crippen LogP contribution is 2.28. The number of rotatable bonds is 4. The lowest BCUT2D eigenvalue weighted by atomic mass is 10.3. The third kappa shape index (κ3) is 2.50. The van der Waals surface area contributed by atoms with Crippen LogP contribution < -0.4 is 4.31 Å². The molecule has 4 nitrogen and oxygen atoms in total. The molecule has 0 fully saturated rings. The van der Waals surface area contributed by atoms with Crippen molar-refractivity contribution in [3.63, 3.8) is 0 Å². The molecule has 7 heteroatoms. The van der Waals surface area contributed by atoms with Crippen LogP contribution in [0.1, 0.15) is 6.92 Å². The first-order chi connectivity index (χ1) is 8.55. The van der Waals surface area contributed by atoms with Gasteiger partial charge in [-0.15, -0.1) is 0 Å². The van der Waals surface area contributed by atoms with Crippen LogP contribution in [0.25, 0.3) is 0 Å². The molecule has 0 N–H and O–H groups in total. The highest BCUT2D eigenvalue weighted by atomic mass is 35.5. The van der Waals surface area contributed by atoms with Gasteiger partial charge in [0.05, 0.1) is 11.9 Å². The zero-order chi connectivity index (χ0) is 13.2. The summed E-state index contributed by atoms with van der Waals surface area (Å²) >= 11 is 6.64. The van der Waals surface area contributed by atoms with E-state index in [0.29, 0.717) is 12.2 Å². The van der Waals surface area contributed by atoms with Crippen molar-refractivity contribution in [3.05, 3.63) is 41.0 Å². The Morgan fingerprint density at radius 2 is 2.00 bits per heavy atom. The van der Waals surface area contributed by atoms with E-state index >= 15 is 0 Å². The van der Waals surface area contributed by atoms with Crippen molar-refractivity contribution < 1.29 is 8.42 Å². The van der Waals surface area contributed by atoms with Crippen LogP contribution in [-0.4, -0.2) is 19.9 Å². The molecular weight excluding hydrogens is 292 g/mol. The van der Waals surface area contributed by atoms with Crippen LogP contribution in [0.3, 0.4) is 0 Å². The monoisotopic (exact) mass is 302 g/mol. The van der Waals surface area contributed by atoms with E-state index in [1.807, 2.05) is 6.07 Å². The number of hydrogen-bond acceptors (Lipinski definition) is 4. The summed E-state index contributed by atoms with van der Waals surface area (Å²) in [5, 5.41) is 0. The van der Waals surface area contributed by atoms with E-state index in [2.05, 4.69) is 4.98 Å². The van der Waals surface area contributed by atoms with Crippen molar-refractivity contribution in [2.45, 2.75) is 11.1 Å². The van der Waals surface area contributed by atoms with E-state index in [9.17, 15) is 8.42 Å². The van der Waals surface area contributed by atoms with Crippen molar-refractivity contribution in [1.29, 1.82) is 0 Å². The van der Waals surface area contributed by atoms with Crippen LogP contribution in [0.5, 0.6) is 0 Å². The Hall–Kier alpha value is -1.11. The molecule has 1 heterocycles. The molecule has 0 saturated heterocycles. The third-order valence-electron chi connectivity index (χ3n) is 2.33. The number of benzene rings is 1. The fourth-order valence-corrected chi connectivity index (χ4v) is 4.44. The number of nitrogens with zero attached hydrogens (tertiary/aromatic N) is 2. The number of hydrogen-bond donors (Lipinski definition) is 0. The van der Waals surface area contributed by atoms with Crippen molar-refractivity contribution >= 4 is 38.6 Å². The number of sulfonamides is 1. The summed E-state index contributed by atoms with van der Waals surface area (Å²) in [5.41, 5.74) is 0.629. The summed E-state index contributed by atoms with van der Waals surface area (Å²) in [4.78, 5) is 3.77. The highest BCUT2D eigenvalue weighted by Gasteiger charge is 2.25. The quantitative estimate of drug-likeness (QED) is 0.872. The minimum atomic E-state index is -3.58. The fourth-order valence-electron chi connectivity index (χ4n) is 1.55. The summed E-state index contributed by atoms with van der Waals surface area (Å²) in [6.07, 6.45) is 1.29. The van der Waals surface area contributed by atoms with E-state index in [0.717, 1.165) is 11.3 Å². The Labute approximate surface area is 115 Å². The Morgan fingerprint density at radius 3 is 2.50 bits per heavy atom. The van der Waals surface area contributed by atoms with E-state index in [1.165, 1.54) is 10.5 Å². The molecule has 1 aromatic carbocycles. The summed E-state index contributed by atoms with van der Waals surface area (Å²) in [6.45, 7) is 2.13. The normalized spacial score (nSPS) is 11.4. The van der Waals surface area contributed by atoms with Crippen LogP contribution in [0.2, 0.25) is 4.47 Å². The van der Waals surface area contributed by atoms with Crippen LogP contribution in [0, 0.1) is 0 Å². The zero-order valence-electron chi connectivity index (χ0n) is 9.58. The standard InChI is InChI=1S/C11H11ClN2O2S2/c1-2-14(9-6-4-3-5-7-9)18(15,16)10-8-13-11(12)17-10/h3-8H,2H2,1H3. The van der Waals surface area contributed by atoms with E-state index < -0.39 is 10.0 Å². The molecule has 0 aliphatic heterocycles. The van der Waals surface area contributed by atoms with Gasteiger partial charge in [-0.05, 0) is 19.1 Å². The minimum absolute atomic E-state index is 0.151. The van der Waals surface area contributed by atoms with E-state index in [-0.39, 0.29) is 8.68 Å². The van der Waals surface area contributed by atoms with E-state index in [4.69, 9.17) is 11.6 Å². The summed E-state index contributed by atoms with van der Waals surface area (Å²) in [5.74, 6) is 0. The van der Waals surface area contributed by atoms with E-state index in [1.54, 1.807) is 31.2 Å². The number of thiazole rings is 1. The summed E-state index contributed by atoms with van der Waals surface area (Å²) < 4.78 is 26.5. The van der Waals surface area contributed by atoms with Crippen molar-refractivity contribution in [1.82, 2.24) is 4.98 Å². The fraction of sp³-hybridized carbons (Fsp3) is 0.182. The first-order valence-electron chi connectivity index (χ1n) is 5.25. The number of para-hydroxylation sites is 1. The predicted molar refractivity (Wildman–Crippen MR) is 73.8 cm³/mol. The predicted octanol–water partition coefficient (Wildman–Crippen LogP) is 3.01. The van der Waals surface area contributed by atoms with Gasteiger partial charge in [0.2, 0.25) is 0 Å². The van der Waals surface area contributed by atoms with Crippen molar-refractivity contribution in [2.75, 3.05) is 10.8 Å². The molecule has 0 spiro atoms. The molecule has 2 rings (SSSR count). The molecule has 0 aliphatic rings. The van der Waals surface area contributed by atoms with Gasteiger partial charge in [-0.25, -0.2) is 13.4 Å². The molecule has 2 aromatic rings. The van der Waals surface area contributed by atoms with Gasteiger partial charge in [0.15, 0.2) is 8.68 Å². The molecule has 0 bridgehead atoms. The average Bonchev–Trinajstić information content (AvgIpc) is 2.78. The molecule has 0 amide bonds. The molecule has 18 heavy (non-hydrogen) atoms. The van der Waals surface area contributed by atoms with Gasteiger partial charge in [-0.2, -0.15) is 0 Å². The number of anilines is 1. The molecule has 0 radical (unpaired) electrons. The molecular formula is C11H11ClN2O2S2. The second-order valence-corrected chi connectivity index (χ2v) is 7.14. The zero-order valence-corrected chi connectivity index (χ0v) is 12.0. The third-order valence-corrected chi connectivity index (χ3v) is 5.79. The first kappa shape index (κ1) is 13.3. The van der Waals surface area contributed by atoms with Crippen LogP contribution in [0.15, 0.2) is 40.7 Å². The lowest BCUT2D eigenvalue weighted by molar-refractivity contribution is 0.593. The Bertz CT molecular complexity index is 626. The highest BCUT2D eigenvalue weighted by molar-refractivity contribution is 7.94. The minimum Gasteiger partial charge on any atom is -0.266 e. The van der Waals surface area contributed by atoms with Gasteiger partial charge in [-0.1, -0.05) is 41.1 Å². The maximum absolute atomic E-state index is 12.4. The maximum atomic E-state index is 12.4. The van der Waals surface area contributed by atoms with Crippen LogP contribution >= 0.6 is 22.9 Å². The van der Waals surface area contributed by atoms with Crippen molar-refractivity contribution in [2.24, 2.45) is 0 Å². The lowest BCUT2D eigenvalue weighted by Crippen LogP contribution is -2.30. The van der Waals surface area contributed by atoms with Gasteiger partial charge < -0.3 is 0 Å². The number of halogens is 1. The Balaban J connectivity index is 2.45. The van der Waals surface area contributed by atoms with Gasteiger partial charge in [0.1, 0.15) is 0 Å². The van der Waals surface area contributed by atoms with Gasteiger partial charge >= 0.3 is 0 Å². The average molecular weight is 303 g/mol. The second kappa shape index (κ2) is 5.26. The van der Waals surface area contributed by atoms with Gasteiger partial charge in [0, 0.05) is 6.54 Å². The second-order valence-electron chi connectivity index (χ2n) is 3.44. The van der Waals surface area contributed by atoms with Gasteiger partial charge in [0.25, 0.3) is 10.0 Å². The van der Waals surface area contributed by atoms with Crippen LogP contribution in [0.4, 0.5) is 5.69 Å². The summed E-state index contributed by atoms with van der Waals surface area (Å²) in [7, 11) is -3.58. The largest absolute Gasteiger partial charge is 0.275 e. The molecule has 1 aromatic heterocycles. The molecule has 0 atom stereocenters. The summed E-state index contributed by atoms with van der Waals surface area (Å²) in [6, 6.07) is 8.95. The molecule has 0 aliphatic carbocycles. The number of aromatic nitrogens is 1. The topological polar surface area (TPSA) is 50.3 Å². The lowest BCUT2D eigenvalue weighted by Gasteiger charge is -2.21.